The summed E-state index contributed by atoms with van der Waals surface area (Å²) in [6, 6.07) is 11.8. The Morgan fingerprint density at radius 3 is 2.80 bits per heavy atom. The number of nitrogens with zero attached hydrogens (tertiary/aromatic N) is 2. The van der Waals surface area contributed by atoms with Crippen LogP contribution in [0, 0.1) is 6.92 Å². The first-order valence-corrected chi connectivity index (χ1v) is 12.3. The Morgan fingerprint density at radius 2 is 2.07 bits per heavy atom. The van der Waals surface area contributed by atoms with Gasteiger partial charge in [-0.05, 0) is 57.1 Å². The Balaban J connectivity index is 1.42. The lowest BCUT2D eigenvalue weighted by Crippen LogP contribution is -2.40. The standard InChI is InChI=1S/C23H27N3O2S2/c1-17-25-18(15-29-17)16-30-22-10-4-3-8-19(22)23(27)24-14-20(21-9-7-13-28-21)26-11-5-2-6-12-26/h3-4,7-10,13,15,20H,2,5-6,11-12,14,16H2,1H3,(H,24,27)/t20-/m0/s1. The third kappa shape index (κ3) is 5.33. The van der Waals surface area contributed by atoms with Crippen LogP contribution in [0.3, 0.4) is 0 Å². The van der Waals surface area contributed by atoms with Crippen molar-refractivity contribution in [2.45, 2.75) is 42.9 Å². The highest BCUT2D eigenvalue weighted by atomic mass is 32.2. The van der Waals surface area contributed by atoms with Crippen LogP contribution in [0.2, 0.25) is 0 Å². The maximum atomic E-state index is 13.1. The van der Waals surface area contributed by atoms with Crippen LogP contribution in [-0.2, 0) is 5.75 Å². The summed E-state index contributed by atoms with van der Waals surface area (Å²) < 4.78 is 5.70. The molecular formula is C23H27N3O2S2. The fraction of sp³-hybridized carbons (Fsp3) is 0.391. The monoisotopic (exact) mass is 441 g/mol. The van der Waals surface area contributed by atoms with Crippen molar-refractivity contribution in [3.05, 3.63) is 70.1 Å². The minimum atomic E-state index is -0.0406. The largest absolute Gasteiger partial charge is 0.468 e. The van der Waals surface area contributed by atoms with Crippen LogP contribution in [0.15, 0.2) is 57.4 Å². The van der Waals surface area contributed by atoms with E-state index in [0.717, 1.165) is 40.2 Å². The maximum absolute atomic E-state index is 13.1. The lowest BCUT2D eigenvalue weighted by molar-refractivity contribution is 0.0911. The second-order valence-corrected chi connectivity index (χ2v) is 9.56. The van der Waals surface area contributed by atoms with Crippen LogP contribution in [0.25, 0.3) is 0 Å². The molecule has 0 radical (unpaired) electrons. The summed E-state index contributed by atoms with van der Waals surface area (Å²) in [4.78, 5) is 21.0. The summed E-state index contributed by atoms with van der Waals surface area (Å²) in [6.07, 6.45) is 5.37. The quantitative estimate of drug-likeness (QED) is 0.481. The molecular weight excluding hydrogens is 414 g/mol. The van der Waals surface area contributed by atoms with Gasteiger partial charge in [0.15, 0.2) is 0 Å². The van der Waals surface area contributed by atoms with Gasteiger partial charge in [0.2, 0.25) is 0 Å². The molecule has 0 saturated carbocycles. The molecule has 3 heterocycles. The van der Waals surface area contributed by atoms with Gasteiger partial charge in [0, 0.05) is 22.6 Å². The van der Waals surface area contributed by atoms with E-state index in [0.29, 0.717) is 12.1 Å². The second-order valence-electron chi connectivity index (χ2n) is 7.48. The van der Waals surface area contributed by atoms with E-state index in [1.807, 2.05) is 43.3 Å². The molecule has 2 aromatic heterocycles. The summed E-state index contributed by atoms with van der Waals surface area (Å²) in [6.45, 7) is 4.64. The first kappa shape index (κ1) is 21.2. The number of rotatable bonds is 8. The number of thioether (sulfide) groups is 1. The molecule has 0 aliphatic carbocycles. The predicted octanol–water partition coefficient (Wildman–Crippen LogP) is 5.29. The van der Waals surface area contributed by atoms with Gasteiger partial charge in [0.25, 0.3) is 5.91 Å². The second kappa shape index (κ2) is 10.3. The van der Waals surface area contributed by atoms with Crippen molar-refractivity contribution >= 4 is 29.0 Å². The highest BCUT2D eigenvalue weighted by Crippen LogP contribution is 2.28. The molecule has 1 fully saturated rings. The molecule has 1 aliphatic heterocycles. The Kier molecular flexibility index (Phi) is 7.25. The molecule has 3 aromatic rings. The number of hydrogen-bond donors (Lipinski definition) is 1. The van der Waals surface area contributed by atoms with Gasteiger partial charge in [-0.2, -0.15) is 0 Å². The van der Waals surface area contributed by atoms with E-state index >= 15 is 0 Å². The number of aromatic nitrogens is 1. The van der Waals surface area contributed by atoms with E-state index < -0.39 is 0 Å². The number of furan rings is 1. The number of benzene rings is 1. The van der Waals surface area contributed by atoms with Gasteiger partial charge >= 0.3 is 0 Å². The molecule has 1 aromatic carbocycles. The van der Waals surface area contributed by atoms with Crippen LogP contribution in [0.5, 0.6) is 0 Å². The average Bonchev–Trinajstić information content (AvgIpc) is 3.45. The number of likely N-dealkylation sites (tertiary alicyclic amines) is 1. The number of hydrogen-bond acceptors (Lipinski definition) is 6. The van der Waals surface area contributed by atoms with Crippen molar-refractivity contribution in [3.8, 4) is 0 Å². The highest BCUT2D eigenvalue weighted by molar-refractivity contribution is 7.98. The number of carbonyl (C=O) groups excluding carboxylic acids is 1. The molecule has 7 heteroatoms. The third-order valence-corrected chi connectivity index (χ3v) is 7.26. The Bertz CT molecular complexity index is 949. The molecule has 1 aliphatic rings. The molecule has 1 atom stereocenters. The molecule has 5 nitrogen and oxygen atoms in total. The number of piperidine rings is 1. The van der Waals surface area contributed by atoms with Gasteiger partial charge in [-0.25, -0.2) is 4.98 Å². The number of nitrogens with one attached hydrogen (secondary N) is 1. The number of carbonyl (C=O) groups is 1. The maximum Gasteiger partial charge on any atom is 0.252 e. The average molecular weight is 442 g/mol. The molecule has 0 spiro atoms. The summed E-state index contributed by atoms with van der Waals surface area (Å²) in [7, 11) is 0. The van der Waals surface area contributed by atoms with Gasteiger partial charge in [0.1, 0.15) is 5.76 Å². The Hall–Kier alpha value is -2.09. The van der Waals surface area contributed by atoms with Crippen LogP contribution in [0.1, 0.15) is 52.1 Å². The van der Waals surface area contributed by atoms with E-state index in [4.69, 9.17) is 4.42 Å². The molecule has 1 N–H and O–H groups in total. The Morgan fingerprint density at radius 1 is 1.23 bits per heavy atom. The van der Waals surface area contributed by atoms with E-state index in [1.54, 1.807) is 29.4 Å². The van der Waals surface area contributed by atoms with E-state index in [1.165, 1.54) is 19.3 Å². The highest BCUT2D eigenvalue weighted by Gasteiger charge is 2.25. The summed E-state index contributed by atoms with van der Waals surface area (Å²) in [5, 5.41) is 6.31. The summed E-state index contributed by atoms with van der Waals surface area (Å²) in [5.41, 5.74) is 1.77. The zero-order chi connectivity index (χ0) is 20.8. The molecule has 0 bridgehead atoms. The lowest BCUT2D eigenvalue weighted by Gasteiger charge is -2.33. The smallest absolute Gasteiger partial charge is 0.252 e. The van der Waals surface area contributed by atoms with Crippen LogP contribution >= 0.6 is 23.1 Å². The van der Waals surface area contributed by atoms with Crippen molar-refractivity contribution in [2.75, 3.05) is 19.6 Å². The minimum absolute atomic E-state index is 0.0406. The molecule has 0 unspecified atom stereocenters. The summed E-state index contributed by atoms with van der Waals surface area (Å²) >= 11 is 3.31. The van der Waals surface area contributed by atoms with Gasteiger partial charge in [-0.15, -0.1) is 23.1 Å². The zero-order valence-corrected chi connectivity index (χ0v) is 18.8. The van der Waals surface area contributed by atoms with Crippen molar-refractivity contribution in [1.82, 2.24) is 15.2 Å². The number of aryl methyl sites for hydroxylation is 1. The fourth-order valence-electron chi connectivity index (χ4n) is 3.81. The molecule has 158 valence electrons. The topological polar surface area (TPSA) is 58.4 Å². The van der Waals surface area contributed by atoms with Gasteiger partial charge in [-0.3, -0.25) is 9.69 Å². The lowest BCUT2D eigenvalue weighted by atomic mass is 10.1. The van der Waals surface area contributed by atoms with Gasteiger partial charge in [-0.1, -0.05) is 18.6 Å². The van der Waals surface area contributed by atoms with Crippen molar-refractivity contribution in [2.24, 2.45) is 0 Å². The molecule has 4 rings (SSSR count). The first-order valence-electron chi connectivity index (χ1n) is 10.4. The molecule has 1 saturated heterocycles. The van der Waals surface area contributed by atoms with Crippen LogP contribution < -0.4 is 5.32 Å². The fourth-order valence-corrected chi connectivity index (χ4v) is 5.47. The first-order chi connectivity index (χ1) is 14.7. The SMILES string of the molecule is Cc1nc(CSc2ccccc2C(=O)NC[C@@H](c2ccco2)N2CCCCC2)cs1. The Labute approximate surface area is 185 Å². The van der Waals surface area contributed by atoms with E-state index in [2.05, 4.69) is 20.6 Å². The van der Waals surface area contributed by atoms with Gasteiger partial charge in [0.05, 0.1) is 28.6 Å². The zero-order valence-electron chi connectivity index (χ0n) is 17.2. The van der Waals surface area contributed by atoms with Crippen molar-refractivity contribution < 1.29 is 9.21 Å². The minimum Gasteiger partial charge on any atom is -0.468 e. The number of amides is 1. The van der Waals surface area contributed by atoms with Gasteiger partial charge < -0.3 is 9.73 Å². The van der Waals surface area contributed by atoms with Crippen molar-refractivity contribution in [3.63, 3.8) is 0 Å². The number of thiazole rings is 1. The predicted molar refractivity (Wildman–Crippen MR) is 122 cm³/mol. The van der Waals surface area contributed by atoms with Crippen molar-refractivity contribution in [1.29, 1.82) is 0 Å². The van der Waals surface area contributed by atoms with Crippen LogP contribution in [-0.4, -0.2) is 35.4 Å². The third-order valence-electron chi connectivity index (χ3n) is 5.33. The normalized spacial score (nSPS) is 15.8. The van der Waals surface area contributed by atoms with E-state index in [9.17, 15) is 4.79 Å². The van der Waals surface area contributed by atoms with Crippen LogP contribution in [0.4, 0.5) is 0 Å². The summed E-state index contributed by atoms with van der Waals surface area (Å²) in [5.74, 6) is 1.64. The van der Waals surface area contributed by atoms with E-state index in [-0.39, 0.29) is 11.9 Å². The molecule has 30 heavy (non-hydrogen) atoms. The molecule has 1 amide bonds.